The number of carboxylic acid groups (broad SMARTS) is 2. The summed E-state index contributed by atoms with van der Waals surface area (Å²) in [6.07, 6.45) is -1.70. The topological polar surface area (TPSA) is 251 Å². The lowest BCUT2D eigenvalue weighted by Gasteiger charge is -2.24. The number of benzene rings is 1. The molecule has 14 heteroatoms. The van der Waals surface area contributed by atoms with Crippen molar-refractivity contribution in [2.45, 2.75) is 43.8 Å². The number of carbonyl (C=O) groups is 6. The van der Waals surface area contributed by atoms with Gasteiger partial charge in [-0.05, 0) is 24.1 Å². The lowest BCUT2D eigenvalue weighted by atomic mass is 10.0. The van der Waals surface area contributed by atoms with Gasteiger partial charge < -0.3 is 42.7 Å². The Morgan fingerprint density at radius 2 is 1.41 bits per heavy atom. The maximum Gasteiger partial charge on any atom is 0.326 e. The van der Waals surface area contributed by atoms with Crippen molar-refractivity contribution in [1.82, 2.24) is 16.0 Å². The molecule has 0 saturated heterocycles. The number of carboxylic acids is 2. The number of amides is 4. The van der Waals surface area contributed by atoms with Crippen molar-refractivity contribution in [3.05, 3.63) is 29.8 Å². The fraction of sp³-hybridized carbons (Fsp3) is 0.400. The highest BCUT2D eigenvalue weighted by atomic mass is 16.4. The van der Waals surface area contributed by atoms with E-state index in [0.717, 1.165) is 0 Å². The normalized spacial score (nSPS) is 13.1. The molecule has 0 radical (unpaired) electrons. The number of aliphatic carboxylic acids is 2. The molecule has 0 aromatic heterocycles. The summed E-state index contributed by atoms with van der Waals surface area (Å²) in [6, 6.07) is 1.17. The van der Waals surface area contributed by atoms with Gasteiger partial charge in [0.05, 0.1) is 13.0 Å². The van der Waals surface area contributed by atoms with E-state index < -0.39 is 79.5 Å². The average Bonchev–Trinajstić information content (AvgIpc) is 2.76. The molecule has 1 aromatic rings. The van der Waals surface area contributed by atoms with Crippen LogP contribution in [0.2, 0.25) is 0 Å². The number of hydrogen-bond donors (Lipinski definition) is 8. The van der Waals surface area contributed by atoms with Gasteiger partial charge in [-0.25, -0.2) is 4.79 Å². The molecule has 0 heterocycles. The molecular weight excluding hydrogens is 454 g/mol. The molecule has 0 saturated carbocycles. The van der Waals surface area contributed by atoms with E-state index in [2.05, 4.69) is 16.0 Å². The Morgan fingerprint density at radius 3 is 1.91 bits per heavy atom. The van der Waals surface area contributed by atoms with Gasteiger partial charge in [0.1, 0.15) is 23.9 Å². The highest BCUT2D eigenvalue weighted by Crippen LogP contribution is 2.12. The predicted molar refractivity (Wildman–Crippen MR) is 115 cm³/mol. The Morgan fingerprint density at radius 1 is 0.853 bits per heavy atom. The first-order valence-corrected chi connectivity index (χ1v) is 10.0. The number of carbonyl (C=O) groups excluding carboxylic acids is 4. The number of aromatic hydroxyl groups is 1. The van der Waals surface area contributed by atoms with Gasteiger partial charge in [0.25, 0.3) is 0 Å². The molecule has 0 aliphatic carbocycles. The van der Waals surface area contributed by atoms with Crippen LogP contribution in [0.1, 0.15) is 24.8 Å². The molecule has 1 rings (SSSR count). The van der Waals surface area contributed by atoms with Crippen molar-refractivity contribution < 1.29 is 44.1 Å². The molecule has 0 spiro atoms. The van der Waals surface area contributed by atoms with Crippen LogP contribution in [0.15, 0.2) is 24.3 Å². The number of rotatable bonds is 14. The van der Waals surface area contributed by atoms with Gasteiger partial charge in [-0.2, -0.15) is 0 Å². The van der Waals surface area contributed by atoms with Gasteiger partial charge in [-0.1, -0.05) is 12.1 Å². The average molecular weight is 481 g/mol. The third-order valence-electron chi connectivity index (χ3n) is 4.51. The summed E-state index contributed by atoms with van der Waals surface area (Å²) in [6.45, 7) is -0.482. The fourth-order valence-corrected chi connectivity index (χ4v) is 2.81. The summed E-state index contributed by atoms with van der Waals surface area (Å²) in [7, 11) is 0. The van der Waals surface area contributed by atoms with E-state index in [1.54, 1.807) is 0 Å². The Balaban J connectivity index is 3.13. The third-order valence-corrected chi connectivity index (χ3v) is 4.51. The summed E-state index contributed by atoms with van der Waals surface area (Å²) in [5.74, 6) is -6.40. The Hall–Kier alpha value is -4.20. The molecule has 14 nitrogen and oxygen atoms in total. The molecule has 34 heavy (non-hydrogen) atoms. The summed E-state index contributed by atoms with van der Waals surface area (Å²) >= 11 is 0. The second-order valence-corrected chi connectivity index (χ2v) is 7.26. The molecule has 186 valence electrons. The maximum absolute atomic E-state index is 12.8. The van der Waals surface area contributed by atoms with Crippen LogP contribution in [0, 0.1) is 0 Å². The molecule has 1 aromatic carbocycles. The zero-order valence-corrected chi connectivity index (χ0v) is 18.0. The van der Waals surface area contributed by atoms with Crippen molar-refractivity contribution in [3.63, 3.8) is 0 Å². The van der Waals surface area contributed by atoms with Crippen LogP contribution in [-0.4, -0.2) is 75.6 Å². The van der Waals surface area contributed by atoms with Crippen molar-refractivity contribution in [2.24, 2.45) is 11.5 Å². The van der Waals surface area contributed by atoms with E-state index in [4.69, 9.17) is 16.6 Å². The van der Waals surface area contributed by atoms with Crippen LogP contribution >= 0.6 is 0 Å². The van der Waals surface area contributed by atoms with E-state index in [-0.39, 0.29) is 12.2 Å². The largest absolute Gasteiger partial charge is 0.508 e. The molecule has 3 unspecified atom stereocenters. The highest BCUT2D eigenvalue weighted by Gasteiger charge is 2.30. The number of hydrogen-bond acceptors (Lipinski definition) is 8. The Labute approximate surface area is 193 Å². The summed E-state index contributed by atoms with van der Waals surface area (Å²) in [5, 5.41) is 34.2. The smallest absolute Gasteiger partial charge is 0.326 e. The molecule has 4 amide bonds. The van der Waals surface area contributed by atoms with Crippen molar-refractivity contribution in [3.8, 4) is 5.75 Å². The first-order valence-electron chi connectivity index (χ1n) is 10.0. The predicted octanol–water partition coefficient (Wildman–Crippen LogP) is -2.83. The quantitative estimate of drug-likeness (QED) is 0.135. The highest BCUT2D eigenvalue weighted by molar-refractivity contribution is 5.95. The minimum Gasteiger partial charge on any atom is -0.508 e. The standard InChI is InChI=1S/C20H27N5O9/c21-9-16(28)23-14(8-15(22)27)19(32)25-13(7-10-1-3-11(26)4-2-10)18(31)24-12(20(33)34)5-6-17(29)30/h1-4,12-14,26H,5-9,21H2,(H2,22,27)(H,23,28)(H,24,31)(H,25,32)(H,29,30)(H,33,34). The zero-order valence-electron chi connectivity index (χ0n) is 18.0. The van der Waals surface area contributed by atoms with Gasteiger partial charge in [0, 0.05) is 12.8 Å². The second-order valence-electron chi connectivity index (χ2n) is 7.26. The fourth-order valence-electron chi connectivity index (χ4n) is 2.81. The number of primary amides is 1. The van der Waals surface area contributed by atoms with Crippen LogP contribution in [0.3, 0.4) is 0 Å². The third kappa shape index (κ3) is 9.95. The maximum atomic E-state index is 12.8. The Bertz CT molecular complexity index is 920. The lowest BCUT2D eigenvalue weighted by molar-refractivity contribution is -0.143. The SMILES string of the molecule is NCC(=O)NC(CC(N)=O)C(=O)NC(Cc1ccc(O)cc1)C(=O)NC(CCC(=O)O)C(=O)O. The van der Waals surface area contributed by atoms with Crippen LogP contribution < -0.4 is 27.4 Å². The minimum atomic E-state index is -1.55. The van der Waals surface area contributed by atoms with E-state index in [9.17, 15) is 39.0 Å². The number of phenolic OH excluding ortho intramolecular Hbond substituents is 1. The Kier molecular flexibility index (Phi) is 10.9. The van der Waals surface area contributed by atoms with Crippen LogP contribution in [0.4, 0.5) is 0 Å². The lowest BCUT2D eigenvalue weighted by Crippen LogP contribution is -2.57. The molecule has 0 fully saturated rings. The summed E-state index contributed by atoms with van der Waals surface area (Å²) in [4.78, 5) is 70.7. The van der Waals surface area contributed by atoms with Crippen LogP contribution in [-0.2, 0) is 35.2 Å². The molecule has 3 atom stereocenters. The van der Waals surface area contributed by atoms with Gasteiger partial charge in [0.15, 0.2) is 0 Å². The molecule has 0 bridgehead atoms. The van der Waals surface area contributed by atoms with Crippen molar-refractivity contribution >= 4 is 35.6 Å². The van der Waals surface area contributed by atoms with Gasteiger partial charge in [0.2, 0.25) is 23.6 Å². The molecular formula is C20H27N5O9. The first kappa shape index (κ1) is 27.8. The van der Waals surface area contributed by atoms with Crippen molar-refractivity contribution in [2.75, 3.05) is 6.54 Å². The number of phenols is 1. The molecule has 0 aliphatic heterocycles. The van der Waals surface area contributed by atoms with E-state index >= 15 is 0 Å². The zero-order chi connectivity index (χ0) is 25.8. The van der Waals surface area contributed by atoms with Gasteiger partial charge >= 0.3 is 11.9 Å². The number of nitrogens with two attached hydrogens (primary N) is 2. The summed E-state index contributed by atoms with van der Waals surface area (Å²) in [5.41, 5.74) is 10.8. The van der Waals surface area contributed by atoms with E-state index in [1.807, 2.05) is 0 Å². The first-order chi connectivity index (χ1) is 15.9. The second kappa shape index (κ2) is 13.4. The number of nitrogens with one attached hydrogen (secondary N) is 3. The molecule has 0 aliphatic rings. The van der Waals surface area contributed by atoms with Gasteiger partial charge in [-0.15, -0.1) is 0 Å². The van der Waals surface area contributed by atoms with E-state index in [1.165, 1.54) is 24.3 Å². The molecule has 10 N–H and O–H groups in total. The monoisotopic (exact) mass is 481 g/mol. The van der Waals surface area contributed by atoms with Crippen LogP contribution in [0.25, 0.3) is 0 Å². The van der Waals surface area contributed by atoms with Crippen LogP contribution in [0.5, 0.6) is 5.75 Å². The minimum absolute atomic E-state index is 0.0561. The van der Waals surface area contributed by atoms with Gasteiger partial charge in [-0.3, -0.25) is 24.0 Å². The van der Waals surface area contributed by atoms with E-state index in [0.29, 0.717) is 5.56 Å². The van der Waals surface area contributed by atoms with Crippen molar-refractivity contribution in [1.29, 1.82) is 0 Å². The summed E-state index contributed by atoms with van der Waals surface area (Å²) < 4.78 is 0.